The summed E-state index contributed by atoms with van der Waals surface area (Å²) in [6.07, 6.45) is 0. The molecule has 0 unspecified atom stereocenters. The van der Waals surface area contributed by atoms with E-state index in [9.17, 15) is 0 Å². The van der Waals surface area contributed by atoms with Gasteiger partial charge in [-0.2, -0.15) is 0 Å². The zero-order valence-corrected chi connectivity index (χ0v) is 31.0. The van der Waals surface area contributed by atoms with Gasteiger partial charge < -0.3 is 4.90 Å². The predicted molar refractivity (Wildman–Crippen MR) is 232 cm³/mol. The summed E-state index contributed by atoms with van der Waals surface area (Å²) in [5.74, 6) is -0.110. The molecule has 0 saturated heterocycles. The van der Waals surface area contributed by atoms with Crippen molar-refractivity contribution in [2.24, 2.45) is 0 Å². The van der Waals surface area contributed by atoms with E-state index in [1.165, 1.54) is 27.6 Å². The van der Waals surface area contributed by atoms with Crippen molar-refractivity contribution in [2.75, 3.05) is 9.80 Å². The van der Waals surface area contributed by atoms with Crippen LogP contribution in [0.1, 0.15) is 25.0 Å². The number of hydrogen-bond acceptors (Lipinski definition) is 3. The van der Waals surface area contributed by atoms with Crippen molar-refractivity contribution < 1.29 is 4.39 Å². The number of halogens is 1. The second-order valence-corrected chi connectivity index (χ2v) is 15.3. The monoisotopic (exact) mass is 721 g/mol. The summed E-state index contributed by atoms with van der Waals surface area (Å²) in [4.78, 5) is 9.35. The minimum Gasteiger partial charge on any atom is -0.309 e. The van der Waals surface area contributed by atoms with Gasteiger partial charge in [0, 0.05) is 38.5 Å². The lowest BCUT2D eigenvalue weighted by Crippen LogP contribution is -2.16. The molecule has 56 heavy (non-hydrogen) atoms. The van der Waals surface area contributed by atoms with E-state index in [4.69, 9.17) is 4.98 Å². The van der Waals surface area contributed by atoms with E-state index in [0.29, 0.717) is 0 Å². The molecule has 0 fully saturated rings. The molecule has 1 aromatic heterocycles. The first-order valence-corrected chi connectivity index (χ1v) is 19.2. The van der Waals surface area contributed by atoms with Crippen molar-refractivity contribution in [3.8, 4) is 11.1 Å². The van der Waals surface area contributed by atoms with Crippen LogP contribution in [0.25, 0.3) is 54.3 Å². The topological polar surface area (TPSA) is 19.4 Å². The Balaban J connectivity index is 1.18. The summed E-state index contributed by atoms with van der Waals surface area (Å²) in [6, 6.07) is 63.3. The summed E-state index contributed by atoms with van der Waals surface area (Å²) >= 11 is 0. The van der Waals surface area contributed by atoms with Gasteiger partial charge >= 0.3 is 0 Å². The fourth-order valence-corrected chi connectivity index (χ4v) is 9.26. The minimum atomic E-state index is -0.376. The summed E-state index contributed by atoms with van der Waals surface area (Å²) in [5, 5.41) is 7.53. The van der Waals surface area contributed by atoms with Crippen molar-refractivity contribution in [1.82, 2.24) is 4.98 Å². The molecule has 1 aliphatic carbocycles. The molecular formula is C52H36FN3. The number of hydrogen-bond donors (Lipinski definition) is 0. The van der Waals surface area contributed by atoms with Crippen LogP contribution in [-0.2, 0) is 5.41 Å². The van der Waals surface area contributed by atoms with E-state index in [1.807, 2.05) is 59.5 Å². The fraction of sp³-hybridized carbons (Fsp3) is 0.0577. The summed E-state index contributed by atoms with van der Waals surface area (Å²) < 4.78 is 16.3. The van der Waals surface area contributed by atoms with E-state index in [2.05, 4.69) is 140 Å². The lowest BCUT2D eigenvalue weighted by molar-refractivity contribution is 0.625. The Hall–Kier alpha value is -7.04. The van der Waals surface area contributed by atoms with Crippen LogP contribution in [-0.4, -0.2) is 4.98 Å². The molecule has 3 nitrogen and oxygen atoms in total. The third-order valence-electron chi connectivity index (χ3n) is 11.8. The van der Waals surface area contributed by atoms with E-state index in [1.54, 1.807) is 6.07 Å². The van der Waals surface area contributed by atoms with Gasteiger partial charge in [0.2, 0.25) is 0 Å². The standard InChI is InChI=1S/C52H36FN3/c1-52(2)41-20-11-10-19-38(41)50-42(52)21-13-23-47(50)55(36-15-5-3-6-16-36)45-30-26-33-25-29-40-46(31-27-34-24-28-39(45)48(33)49(34)40)56(37-17-7-4-8-18-37)51-43(53)32-35-14-9-12-22-44(35)54-51/h3-32H,1-2H3. The first-order chi connectivity index (χ1) is 27.5. The second kappa shape index (κ2) is 12.2. The van der Waals surface area contributed by atoms with Gasteiger partial charge in [0.05, 0.1) is 22.6 Å². The zero-order valence-electron chi connectivity index (χ0n) is 31.0. The third-order valence-corrected chi connectivity index (χ3v) is 11.8. The molecule has 4 heteroatoms. The fourth-order valence-electron chi connectivity index (χ4n) is 9.26. The number of nitrogens with zero attached hydrogens (tertiary/aromatic N) is 3. The van der Waals surface area contributed by atoms with Crippen LogP contribution in [0.3, 0.4) is 0 Å². The summed E-state index contributed by atoms with van der Waals surface area (Å²) in [7, 11) is 0. The average molecular weight is 722 g/mol. The molecule has 1 aliphatic rings. The van der Waals surface area contributed by atoms with Crippen molar-refractivity contribution >= 4 is 77.5 Å². The van der Waals surface area contributed by atoms with Crippen LogP contribution in [0, 0.1) is 5.82 Å². The van der Waals surface area contributed by atoms with E-state index in [-0.39, 0.29) is 17.1 Å². The van der Waals surface area contributed by atoms with Crippen LogP contribution >= 0.6 is 0 Å². The lowest BCUT2D eigenvalue weighted by atomic mass is 9.82. The van der Waals surface area contributed by atoms with Gasteiger partial charge in [-0.1, -0.05) is 141 Å². The van der Waals surface area contributed by atoms with Crippen molar-refractivity contribution in [3.05, 3.63) is 199 Å². The molecule has 1 heterocycles. The number of aromatic nitrogens is 1. The highest BCUT2D eigenvalue weighted by Crippen LogP contribution is 2.55. The van der Waals surface area contributed by atoms with Crippen molar-refractivity contribution in [1.29, 1.82) is 0 Å². The Bertz CT molecular complexity index is 3140. The van der Waals surface area contributed by atoms with Crippen LogP contribution in [0.2, 0.25) is 0 Å². The van der Waals surface area contributed by atoms with Crippen molar-refractivity contribution in [3.63, 3.8) is 0 Å². The van der Waals surface area contributed by atoms with Crippen LogP contribution in [0.15, 0.2) is 182 Å². The van der Waals surface area contributed by atoms with Gasteiger partial charge in [-0.3, -0.25) is 4.90 Å². The zero-order chi connectivity index (χ0) is 37.5. The van der Waals surface area contributed by atoms with Gasteiger partial charge in [0.1, 0.15) is 0 Å². The molecule has 0 aliphatic heterocycles. The molecule has 0 amide bonds. The van der Waals surface area contributed by atoms with E-state index in [0.717, 1.165) is 66.3 Å². The largest absolute Gasteiger partial charge is 0.309 e. The van der Waals surface area contributed by atoms with Gasteiger partial charge in [-0.15, -0.1) is 0 Å². The Labute approximate surface area is 324 Å². The SMILES string of the molecule is CC1(C)c2ccccc2-c2c(N(c3ccccc3)c3ccc4ccc5c(N(c6ccccc6)c6nc7ccccc7cc6F)ccc6ccc3c4c65)cccc21. The highest BCUT2D eigenvalue weighted by molar-refractivity contribution is 6.28. The maximum absolute atomic E-state index is 16.3. The number of anilines is 6. The normalized spacial score (nSPS) is 13.1. The number of pyridine rings is 1. The second-order valence-electron chi connectivity index (χ2n) is 15.3. The van der Waals surface area contributed by atoms with Crippen LogP contribution < -0.4 is 9.80 Å². The van der Waals surface area contributed by atoms with Crippen LogP contribution in [0.5, 0.6) is 0 Å². The maximum atomic E-state index is 16.3. The van der Waals surface area contributed by atoms with Crippen LogP contribution in [0.4, 0.5) is 38.6 Å². The smallest absolute Gasteiger partial charge is 0.174 e. The molecule has 0 atom stereocenters. The molecule has 0 spiro atoms. The van der Waals surface area contributed by atoms with E-state index >= 15 is 4.39 Å². The lowest BCUT2D eigenvalue weighted by Gasteiger charge is -2.30. The van der Waals surface area contributed by atoms with Gasteiger partial charge in [-0.05, 0) is 92.8 Å². The number of benzene rings is 9. The maximum Gasteiger partial charge on any atom is 0.174 e. The van der Waals surface area contributed by atoms with E-state index < -0.39 is 0 Å². The van der Waals surface area contributed by atoms with Gasteiger partial charge in [-0.25, -0.2) is 9.37 Å². The first-order valence-electron chi connectivity index (χ1n) is 19.2. The quantitative estimate of drug-likeness (QED) is 0.159. The first kappa shape index (κ1) is 32.4. The molecule has 10 aromatic rings. The highest BCUT2D eigenvalue weighted by Gasteiger charge is 2.38. The molecule has 0 saturated carbocycles. The Morgan fingerprint density at radius 2 is 1.02 bits per heavy atom. The molecule has 11 rings (SSSR count). The van der Waals surface area contributed by atoms with Gasteiger partial charge in [0.25, 0.3) is 0 Å². The Morgan fingerprint density at radius 3 is 1.71 bits per heavy atom. The summed E-state index contributed by atoms with van der Waals surface area (Å²) in [5.41, 5.74) is 10.9. The third kappa shape index (κ3) is 4.72. The minimum absolute atomic E-state index is 0.132. The number of para-hydroxylation sites is 3. The molecular weight excluding hydrogens is 686 g/mol. The number of fused-ring (bicyclic) bond motifs is 4. The molecule has 9 aromatic carbocycles. The molecule has 0 radical (unpaired) electrons. The predicted octanol–water partition coefficient (Wildman–Crippen LogP) is 14.5. The molecule has 266 valence electrons. The summed E-state index contributed by atoms with van der Waals surface area (Å²) in [6.45, 7) is 4.67. The Morgan fingerprint density at radius 1 is 0.464 bits per heavy atom. The molecule has 0 bridgehead atoms. The average Bonchev–Trinajstić information content (AvgIpc) is 3.48. The van der Waals surface area contributed by atoms with Gasteiger partial charge in [0.15, 0.2) is 11.6 Å². The molecule has 0 N–H and O–H groups in total. The highest BCUT2D eigenvalue weighted by atomic mass is 19.1. The number of rotatable bonds is 6. The van der Waals surface area contributed by atoms with Crippen molar-refractivity contribution in [2.45, 2.75) is 19.3 Å². The Kier molecular flexibility index (Phi) is 7.08.